The van der Waals surface area contributed by atoms with E-state index in [9.17, 15) is 9.90 Å². The molecule has 20 heavy (non-hydrogen) atoms. The number of hydrogen-bond acceptors (Lipinski definition) is 3. The zero-order chi connectivity index (χ0) is 14.4. The van der Waals surface area contributed by atoms with Gasteiger partial charge in [0.25, 0.3) is 0 Å². The summed E-state index contributed by atoms with van der Waals surface area (Å²) >= 11 is 2.09. The molecule has 104 valence electrons. The van der Waals surface area contributed by atoms with Gasteiger partial charge in [-0.1, -0.05) is 30.3 Å². The molecule has 1 aromatic heterocycles. The van der Waals surface area contributed by atoms with E-state index in [2.05, 4.69) is 38.2 Å². The van der Waals surface area contributed by atoms with Crippen molar-refractivity contribution in [1.29, 1.82) is 0 Å². The van der Waals surface area contributed by atoms with Crippen LogP contribution in [0.1, 0.15) is 11.7 Å². The molecular weight excluding hydrogens is 369 g/mol. The normalized spacial score (nSPS) is 11.7. The van der Waals surface area contributed by atoms with E-state index in [1.54, 1.807) is 18.5 Å². The van der Waals surface area contributed by atoms with E-state index in [4.69, 9.17) is 0 Å². The summed E-state index contributed by atoms with van der Waals surface area (Å²) in [5.41, 5.74) is 1.46. The molecule has 2 amide bonds. The number of aliphatic hydroxyl groups is 1. The van der Waals surface area contributed by atoms with Crippen molar-refractivity contribution in [2.24, 2.45) is 0 Å². The monoisotopic (exact) mass is 383 g/mol. The van der Waals surface area contributed by atoms with Gasteiger partial charge < -0.3 is 15.7 Å². The second-order valence-electron chi connectivity index (χ2n) is 4.12. The summed E-state index contributed by atoms with van der Waals surface area (Å²) in [6.07, 6.45) is 2.55. The van der Waals surface area contributed by atoms with Crippen molar-refractivity contribution in [2.45, 2.75) is 6.10 Å². The molecule has 0 saturated carbocycles. The average molecular weight is 383 g/mol. The minimum absolute atomic E-state index is 0.150. The number of benzene rings is 1. The van der Waals surface area contributed by atoms with Gasteiger partial charge in [-0.05, 0) is 34.2 Å². The van der Waals surface area contributed by atoms with E-state index >= 15 is 0 Å². The molecule has 0 spiro atoms. The van der Waals surface area contributed by atoms with E-state index in [0.29, 0.717) is 5.69 Å². The van der Waals surface area contributed by atoms with Crippen molar-refractivity contribution in [2.75, 3.05) is 11.9 Å². The molecule has 0 bridgehead atoms. The minimum Gasteiger partial charge on any atom is -0.387 e. The highest BCUT2D eigenvalue weighted by atomic mass is 127. The molecule has 1 unspecified atom stereocenters. The van der Waals surface area contributed by atoms with E-state index < -0.39 is 6.10 Å². The number of nitrogens with zero attached hydrogens (tertiary/aromatic N) is 1. The third-order valence-corrected chi connectivity index (χ3v) is 3.52. The van der Waals surface area contributed by atoms with Gasteiger partial charge in [0.15, 0.2) is 0 Å². The number of rotatable bonds is 4. The number of pyridine rings is 1. The molecule has 2 aromatic rings. The predicted molar refractivity (Wildman–Crippen MR) is 85.4 cm³/mol. The standard InChI is InChI=1S/C14H14IN3O2/c15-11-8-16-7-6-12(11)18-14(20)17-9-13(19)10-4-2-1-3-5-10/h1-8,13,19H,9H2,(H2,16,17,18,20). The predicted octanol–water partition coefficient (Wildman–Crippen LogP) is 2.54. The number of nitrogens with one attached hydrogen (secondary N) is 2. The second-order valence-corrected chi connectivity index (χ2v) is 5.28. The minimum atomic E-state index is -0.724. The molecule has 5 nitrogen and oxygen atoms in total. The van der Waals surface area contributed by atoms with E-state index in [1.807, 2.05) is 30.3 Å². The van der Waals surface area contributed by atoms with E-state index in [-0.39, 0.29) is 12.6 Å². The molecule has 0 aliphatic heterocycles. The first-order valence-corrected chi connectivity index (χ1v) is 7.12. The topological polar surface area (TPSA) is 74.2 Å². The summed E-state index contributed by atoms with van der Waals surface area (Å²) in [5.74, 6) is 0. The zero-order valence-electron chi connectivity index (χ0n) is 10.6. The number of halogens is 1. The SMILES string of the molecule is O=C(NCC(O)c1ccccc1)Nc1ccncc1I. The summed E-state index contributed by atoms with van der Waals surface area (Å²) in [6.45, 7) is 0.150. The van der Waals surface area contributed by atoms with Gasteiger partial charge >= 0.3 is 6.03 Å². The number of carbonyl (C=O) groups excluding carboxylic acids is 1. The molecule has 0 fully saturated rings. The summed E-state index contributed by atoms with van der Waals surface area (Å²) in [5, 5.41) is 15.3. The Hall–Kier alpha value is -1.67. The molecule has 0 aliphatic rings. The average Bonchev–Trinajstić information content (AvgIpc) is 2.48. The molecule has 6 heteroatoms. The van der Waals surface area contributed by atoms with Crippen molar-refractivity contribution in [3.8, 4) is 0 Å². The first-order valence-electron chi connectivity index (χ1n) is 6.04. The number of carbonyl (C=O) groups is 1. The smallest absolute Gasteiger partial charge is 0.319 e. The summed E-state index contributed by atoms with van der Waals surface area (Å²) in [6, 6.07) is 10.6. The summed E-state index contributed by atoms with van der Waals surface area (Å²) < 4.78 is 0.851. The largest absolute Gasteiger partial charge is 0.387 e. The van der Waals surface area contributed by atoms with Crippen LogP contribution in [0.4, 0.5) is 10.5 Å². The second kappa shape index (κ2) is 7.20. The molecule has 0 radical (unpaired) electrons. The Balaban J connectivity index is 1.85. The lowest BCUT2D eigenvalue weighted by atomic mass is 10.1. The van der Waals surface area contributed by atoms with Crippen molar-refractivity contribution in [3.05, 3.63) is 57.9 Å². The van der Waals surface area contributed by atoms with Gasteiger partial charge in [-0.2, -0.15) is 0 Å². The van der Waals surface area contributed by atoms with Crippen LogP contribution in [-0.2, 0) is 0 Å². The van der Waals surface area contributed by atoms with E-state index in [1.165, 1.54) is 0 Å². The lowest BCUT2D eigenvalue weighted by Gasteiger charge is -2.13. The van der Waals surface area contributed by atoms with E-state index in [0.717, 1.165) is 9.13 Å². The molecule has 0 saturated heterocycles. The van der Waals surface area contributed by atoms with Crippen molar-refractivity contribution < 1.29 is 9.90 Å². The Morgan fingerprint density at radius 1 is 1.30 bits per heavy atom. The maximum atomic E-state index is 11.7. The number of aromatic nitrogens is 1. The fourth-order valence-electron chi connectivity index (χ4n) is 1.63. The van der Waals surface area contributed by atoms with Crippen LogP contribution in [0.15, 0.2) is 48.8 Å². The third-order valence-electron chi connectivity index (χ3n) is 2.66. The first kappa shape index (κ1) is 14.7. The van der Waals surface area contributed by atoms with Gasteiger partial charge in [0.1, 0.15) is 0 Å². The Kier molecular flexibility index (Phi) is 5.31. The third kappa shape index (κ3) is 4.17. The van der Waals surface area contributed by atoms with Gasteiger partial charge in [-0.25, -0.2) is 4.79 Å². The van der Waals surface area contributed by atoms with Gasteiger partial charge in [0, 0.05) is 18.9 Å². The van der Waals surface area contributed by atoms with Gasteiger partial charge in [-0.3, -0.25) is 4.98 Å². The van der Waals surface area contributed by atoms with Crippen LogP contribution >= 0.6 is 22.6 Å². The van der Waals surface area contributed by atoms with Crippen LogP contribution in [0.3, 0.4) is 0 Å². The maximum absolute atomic E-state index is 11.7. The molecule has 1 atom stereocenters. The van der Waals surface area contributed by atoms with Crippen LogP contribution in [0.25, 0.3) is 0 Å². The fourth-order valence-corrected chi connectivity index (χ4v) is 2.10. The number of aliphatic hydroxyl groups excluding tert-OH is 1. The van der Waals surface area contributed by atoms with Crippen molar-refractivity contribution in [3.63, 3.8) is 0 Å². The maximum Gasteiger partial charge on any atom is 0.319 e. The Morgan fingerprint density at radius 3 is 2.75 bits per heavy atom. The van der Waals surface area contributed by atoms with Gasteiger partial charge in [-0.15, -0.1) is 0 Å². The molecular formula is C14H14IN3O2. The highest BCUT2D eigenvalue weighted by Crippen LogP contribution is 2.15. The van der Waals surface area contributed by atoms with Crippen LogP contribution in [0.2, 0.25) is 0 Å². The number of urea groups is 1. The molecule has 1 aromatic carbocycles. The quantitative estimate of drug-likeness (QED) is 0.711. The number of hydrogen-bond donors (Lipinski definition) is 3. The molecule has 3 N–H and O–H groups in total. The number of anilines is 1. The summed E-state index contributed by atoms with van der Waals surface area (Å²) in [7, 11) is 0. The zero-order valence-corrected chi connectivity index (χ0v) is 12.7. The molecule has 1 heterocycles. The lowest BCUT2D eigenvalue weighted by molar-refractivity contribution is 0.175. The highest BCUT2D eigenvalue weighted by Gasteiger charge is 2.09. The molecule has 0 aliphatic carbocycles. The molecule has 2 rings (SSSR count). The number of amides is 2. The van der Waals surface area contributed by atoms with Crippen LogP contribution in [0.5, 0.6) is 0 Å². The Morgan fingerprint density at radius 2 is 2.05 bits per heavy atom. The van der Waals surface area contributed by atoms with Crippen molar-refractivity contribution >= 4 is 34.3 Å². The van der Waals surface area contributed by atoms with Crippen molar-refractivity contribution in [1.82, 2.24) is 10.3 Å². The van der Waals surface area contributed by atoms with Gasteiger partial charge in [0.05, 0.1) is 15.4 Å². The summed E-state index contributed by atoms with van der Waals surface area (Å²) in [4.78, 5) is 15.7. The Bertz CT molecular complexity index is 578. The van der Waals surface area contributed by atoms with Crippen LogP contribution in [-0.4, -0.2) is 22.7 Å². The highest BCUT2D eigenvalue weighted by molar-refractivity contribution is 14.1. The van der Waals surface area contributed by atoms with Crippen LogP contribution in [0, 0.1) is 3.57 Å². The Labute approximate surface area is 130 Å². The fraction of sp³-hybridized carbons (Fsp3) is 0.143. The first-order chi connectivity index (χ1) is 9.66. The van der Waals surface area contributed by atoms with Crippen LogP contribution < -0.4 is 10.6 Å². The van der Waals surface area contributed by atoms with Gasteiger partial charge in [0.2, 0.25) is 0 Å². The lowest BCUT2D eigenvalue weighted by Crippen LogP contribution is -2.32.